The van der Waals surface area contributed by atoms with Gasteiger partial charge in [0.15, 0.2) is 0 Å². The summed E-state index contributed by atoms with van der Waals surface area (Å²) in [5, 5.41) is 0. The van der Waals surface area contributed by atoms with Crippen molar-refractivity contribution in [2.24, 2.45) is 5.73 Å². The first-order valence-electron chi connectivity index (χ1n) is 5.72. The number of aromatic nitrogens is 1. The fraction of sp³-hybridized carbons (Fsp3) is 0.214. The molecule has 0 fully saturated rings. The summed E-state index contributed by atoms with van der Waals surface area (Å²) in [5.74, 6) is 0.870. The molecule has 3 nitrogen and oxygen atoms in total. The van der Waals surface area contributed by atoms with Gasteiger partial charge in [0.1, 0.15) is 12.4 Å². The van der Waals surface area contributed by atoms with Crippen molar-refractivity contribution in [3.63, 3.8) is 0 Å². The van der Waals surface area contributed by atoms with E-state index in [2.05, 4.69) is 20.9 Å². The highest BCUT2D eigenvalue weighted by Crippen LogP contribution is 2.23. The summed E-state index contributed by atoms with van der Waals surface area (Å²) in [4.78, 5) is 4.30. The summed E-state index contributed by atoms with van der Waals surface area (Å²) in [5.41, 5.74) is 8.55. The van der Waals surface area contributed by atoms with E-state index < -0.39 is 0 Å². The lowest BCUT2D eigenvalue weighted by molar-refractivity contribution is 0.299. The van der Waals surface area contributed by atoms with Crippen LogP contribution in [0, 0.1) is 6.92 Å². The Balaban J connectivity index is 2.04. The lowest BCUT2D eigenvalue weighted by Gasteiger charge is -2.09. The van der Waals surface area contributed by atoms with Gasteiger partial charge < -0.3 is 10.5 Å². The zero-order valence-electron chi connectivity index (χ0n) is 10.2. The van der Waals surface area contributed by atoms with Crippen molar-refractivity contribution >= 4 is 15.9 Å². The Morgan fingerprint density at radius 1 is 1.28 bits per heavy atom. The largest absolute Gasteiger partial charge is 0.487 e. The van der Waals surface area contributed by atoms with E-state index in [-0.39, 0.29) is 0 Å². The number of nitrogens with two attached hydrogens (primary N) is 1. The topological polar surface area (TPSA) is 48.1 Å². The fourth-order valence-corrected chi connectivity index (χ4v) is 1.88. The maximum absolute atomic E-state index is 5.75. The molecule has 0 radical (unpaired) electrons. The molecule has 0 aliphatic heterocycles. The lowest BCUT2D eigenvalue weighted by Crippen LogP contribution is -2.02. The summed E-state index contributed by atoms with van der Waals surface area (Å²) in [7, 11) is 0. The van der Waals surface area contributed by atoms with Crippen LogP contribution in [0.1, 0.15) is 16.8 Å². The highest BCUT2D eigenvalue weighted by Gasteiger charge is 2.02. The van der Waals surface area contributed by atoms with Crippen molar-refractivity contribution in [3.8, 4) is 5.75 Å². The molecule has 2 aromatic rings. The smallest absolute Gasteiger partial charge is 0.130 e. The molecule has 4 heteroatoms. The van der Waals surface area contributed by atoms with Gasteiger partial charge in [0.05, 0.1) is 5.69 Å². The first-order valence-corrected chi connectivity index (χ1v) is 6.51. The van der Waals surface area contributed by atoms with Crippen LogP contribution in [-0.4, -0.2) is 4.98 Å². The van der Waals surface area contributed by atoms with Gasteiger partial charge >= 0.3 is 0 Å². The Bertz CT molecular complexity index is 526. The summed E-state index contributed by atoms with van der Waals surface area (Å²) in [6.45, 7) is 2.99. The Morgan fingerprint density at radius 3 is 2.78 bits per heavy atom. The average molecular weight is 307 g/mol. The maximum Gasteiger partial charge on any atom is 0.130 e. The molecule has 18 heavy (non-hydrogen) atoms. The molecular formula is C14H15BrN2O. The quantitative estimate of drug-likeness (QED) is 0.943. The SMILES string of the molecule is Cc1ccc(Br)cc1OCc1ccc(CN)cn1. The zero-order valence-corrected chi connectivity index (χ0v) is 11.8. The van der Waals surface area contributed by atoms with Crippen LogP contribution in [-0.2, 0) is 13.2 Å². The molecule has 0 bridgehead atoms. The van der Waals surface area contributed by atoms with Gasteiger partial charge in [-0.15, -0.1) is 0 Å². The van der Waals surface area contributed by atoms with Gasteiger partial charge in [-0.05, 0) is 36.2 Å². The van der Waals surface area contributed by atoms with Gasteiger partial charge in [-0.2, -0.15) is 0 Å². The summed E-state index contributed by atoms with van der Waals surface area (Å²) < 4.78 is 6.76. The highest BCUT2D eigenvalue weighted by atomic mass is 79.9. The lowest BCUT2D eigenvalue weighted by atomic mass is 10.2. The monoisotopic (exact) mass is 306 g/mol. The van der Waals surface area contributed by atoms with E-state index in [4.69, 9.17) is 10.5 Å². The van der Waals surface area contributed by atoms with Crippen LogP contribution in [0.25, 0.3) is 0 Å². The number of hydrogen-bond acceptors (Lipinski definition) is 3. The number of halogens is 1. The maximum atomic E-state index is 5.75. The molecular weight excluding hydrogens is 292 g/mol. The third-order valence-electron chi connectivity index (χ3n) is 2.65. The number of pyridine rings is 1. The number of nitrogens with zero attached hydrogens (tertiary/aromatic N) is 1. The molecule has 0 atom stereocenters. The Kier molecular flexibility index (Phi) is 4.33. The number of hydrogen-bond donors (Lipinski definition) is 1. The van der Waals surface area contributed by atoms with Crippen LogP contribution in [0.4, 0.5) is 0 Å². The van der Waals surface area contributed by atoms with E-state index in [1.165, 1.54) is 0 Å². The van der Waals surface area contributed by atoms with Crippen LogP contribution in [0.3, 0.4) is 0 Å². The van der Waals surface area contributed by atoms with Gasteiger partial charge in [-0.25, -0.2) is 0 Å². The molecule has 2 rings (SSSR count). The third-order valence-corrected chi connectivity index (χ3v) is 3.14. The van der Waals surface area contributed by atoms with E-state index in [9.17, 15) is 0 Å². The van der Waals surface area contributed by atoms with E-state index in [0.717, 1.165) is 27.0 Å². The van der Waals surface area contributed by atoms with E-state index in [1.807, 2.05) is 37.3 Å². The molecule has 0 saturated carbocycles. The second-order valence-electron chi connectivity index (χ2n) is 4.06. The van der Waals surface area contributed by atoms with E-state index >= 15 is 0 Å². The van der Waals surface area contributed by atoms with Gasteiger partial charge in [-0.1, -0.05) is 28.1 Å². The predicted octanol–water partition coefficient (Wildman–Crippen LogP) is 3.19. The number of ether oxygens (including phenoxy) is 1. The van der Waals surface area contributed by atoms with Crippen LogP contribution >= 0.6 is 15.9 Å². The van der Waals surface area contributed by atoms with Crippen molar-refractivity contribution in [1.82, 2.24) is 4.98 Å². The second-order valence-corrected chi connectivity index (χ2v) is 4.98. The van der Waals surface area contributed by atoms with Gasteiger partial charge in [-0.3, -0.25) is 4.98 Å². The van der Waals surface area contributed by atoms with Crippen molar-refractivity contribution in [2.45, 2.75) is 20.1 Å². The fourth-order valence-electron chi connectivity index (χ4n) is 1.54. The predicted molar refractivity (Wildman–Crippen MR) is 75.3 cm³/mol. The van der Waals surface area contributed by atoms with Crippen molar-refractivity contribution < 1.29 is 4.74 Å². The minimum atomic E-state index is 0.460. The first-order chi connectivity index (χ1) is 8.69. The molecule has 0 unspecified atom stereocenters. The number of rotatable bonds is 4. The average Bonchev–Trinajstić information content (AvgIpc) is 2.40. The molecule has 0 aliphatic carbocycles. The van der Waals surface area contributed by atoms with E-state index in [0.29, 0.717) is 13.2 Å². The Labute approximate surface area is 115 Å². The zero-order chi connectivity index (χ0) is 13.0. The molecule has 1 aromatic heterocycles. The van der Waals surface area contributed by atoms with Crippen molar-refractivity contribution in [2.75, 3.05) is 0 Å². The van der Waals surface area contributed by atoms with E-state index in [1.54, 1.807) is 6.20 Å². The minimum absolute atomic E-state index is 0.460. The normalized spacial score (nSPS) is 10.4. The Hall–Kier alpha value is -1.39. The van der Waals surface area contributed by atoms with Crippen LogP contribution in [0.15, 0.2) is 41.0 Å². The first kappa shape index (κ1) is 13.1. The summed E-state index contributed by atoms with van der Waals surface area (Å²) in [6.07, 6.45) is 1.78. The molecule has 0 saturated heterocycles. The molecule has 0 amide bonds. The van der Waals surface area contributed by atoms with Crippen LogP contribution < -0.4 is 10.5 Å². The van der Waals surface area contributed by atoms with Gasteiger partial charge in [0.2, 0.25) is 0 Å². The molecule has 0 aliphatic rings. The molecule has 94 valence electrons. The van der Waals surface area contributed by atoms with Gasteiger partial charge in [0, 0.05) is 17.2 Å². The highest BCUT2D eigenvalue weighted by molar-refractivity contribution is 9.10. The minimum Gasteiger partial charge on any atom is -0.487 e. The molecule has 1 heterocycles. The number of benzene rings is 1. The van der Waals surface area contributed by atoms with Crippen LogP contribution in [0.5, 0.6) is 5.75 Å². The van der Waals surface area contributed by atoms with Crippen molar-refractivity contribution in [1.29, 1.82) is 0 Å². The van der Waals surface area contributed by atoms with Gasteiger partial charge in [0.25, 0.3) is 0 Å². The summed E-state index contributed by atoms with van der Waals surface area (Å²) in [6, 6.07) is 9.89. The molecule has 1 aromatic carbocycles. The number of aryl methyl sites for hydroxylation is 1. The third kappa shape index (κ3) is 3.31. The Morgan fingerprint density at radius 2 is 2.11 bits per heavy atom. The van der Waals surface area contributed by atoms with Crippen molar-refractivity contribution in [3.05, 3.63) is 57.8 Å². The van der Waals surface area contributed by atoms with Crippen LogP contribution in [0.2, 0.25) is 0 Å². The summed E-state index contributed by atoms with van der Waals surface area (Å²) >= 11 is 3.43. The molecule has 2 N–H and O–H groups in total. The second kappa shape index (κ2) is 5.98. The standard InChI is InChI=1S/C14H15BrN2O/c1-10-2-4-12(15)6-14(10)18-9-13-5-3-11(7-16)8-17-13/h2-6,8H,7,9,16H2,1H3. The molecule has 0 spiro atoms.